The summed E-state index contributed by atoms with van der Waals surface area (Å²) in [6.07, 6.45) is 75.5. The van der Waals surface area contributed by atoms with E-state index in [2.05, 4.69) is 113 Å². The lowest BCUT2D eigenvalue weighted by Crippen LogP contribution is -2.30. The first-order chi connectivity index (χ1) is 48.7. The molecule has 5 atom stereocenters. The van der Waals surface area contributed by atoms with Gasteiger partial charge in [-0.3, -0.25) is 37.3 Å². The smallest absolute Gasteiger partial charge is 0.462 e. The molecule has 0 rings (SSSR count). The van der Waals surface area contributed by atoms with Crippen molar-refractivity contribution < 1.29 is 80.2 Å². The second-order valence-corrected chi connectivity index (χ2v) is 29.5. The maximum Gasteiger partial charge on any atom is 0.472 e. The van der Waals surface area contributed by atoms with E-state index in [1.807, 2.05) is 0 Å². The second kappa shape index (κ2) is 73.5. The van der Waals surface area contributed by atoms with Gasteiger partial charge in [0, 0.05) is 25.7 Å². The minimum Gasteiger partial charge on any atom is -0.462 e. The normalized spacial score (nSPS) is 14.3. The number of carbonyl (C=O) groups is 4. The Labute approximate surface area is 608 Å². The molecule has 0 saturated carbocycles. The number of phosphoric ester groups is 2. The van der Waals surface area contributed by atoms with Gasteiger partial charge in [-0.05, 0) is 148 Å². The highest BCUT2D eigenvalue weighted by atomic mass is 31.2. The number of phosphoric acid groups is 2. The van der Waals surface area contributed by atoms with Crippen LogP contribution in [-0.2, 0) is 65.4 Å². The Morgan fingerprint density at radius 3 is 0.770 bits per heavy atom. The van der Waals surface area contributed by atoms with E-state index in [0.717, 1.165) is 173 Å². The Morgan fingerprint density at radius 2 is 0.490 bits per heavy atom. The lowest BCUT2D eigenvalue weighted by molar-refractivity contribution is -0.161. The molecule has 0 fully saturated rings. The van der Waals surface area contributed by atoms with Crippen LogP contribution in [-0.4, -0.2) is 96.7 Å². The highest BCUT2D eigenvalue weighted by molar-refractivity contribution is 7.47. The van der Waals surface area contributed by atoms with Gasteiger partial charge in [0.25, 0.3) is 0 Å². The number of allylic oxidation sites excluding steroid dienone is 14. The number of rotatable bonds is 75. The fourth-order valence-electron chi connectivity index (χ4n) is 10.7. The molecule has 0 aliphatic carbocycles. The summed E-state index contributed by atoms with van der Waals surface area (Å²) in [6.45, 7) is 4.78. The van der Waals surface area contributed by atoms with Gasteiger partial charge < -0.3 is 33.8 Å². The molecular weight excluding hydrogens is 1310 g/mol. The summed E-state index contributed by atoms with van der Waals surface area (Å²) in [7, 11) is -9.96. The van der Waals surface area contributed by atoms with Gasteiger partial charge in [0.1, 0.15) is 19.3 Å². The van der Waals surface area contributed by atoms with Crippen molar-refractivity contribution in [3.63, 3.8) is 0 Å². The first-order valence-corrected chi connectivity index (χ1v) is 42.8. The highest BCUT2D eigenvalue weighted by Crippen LogP contribution is 2.45. The van der Waals surface area contributed by atoms with Crippen LogP contribution in [0.4, 0.5) is 0 Å². The van der Waals surface area contributed by atoms with Crippen molar-refractivity contribution in [1.29, 1.82) is 0 Å². The van der Waals surface area contributed by atoms with Gasteiger partial charge in [0.15, 0.2) is 12.2 Å². The summed E-state index contributed by atoms with van der Waals surface area (Å²) < 4.78 is 68.6. The molecule has 2 unspecified atom stereocenters. The highest BCUT2D eigenvalue weighted by Gasteiger charge is 2.30. The zero-order chi connectivity index (χ0) is 73.2. The van der Waals surface area contributed by atoms with E-state index >= 15 is 0 Å². The van der Waals surface area contributed by atoms with Crippen LogP contribution in [0.15, 0.2) is 85.1 Å². The summed E-state index contributed by atoms with van der Waals surface area (Å²) in [5.41, 5.74) is 0. The van der Waals surface area contributed by atoms with Crippen LogP contribution in [0, 0.1) is 0 Å². The van der Waals surface area contributed by atoms with Crippen LogP contribution < -0.4 is 0 Å². The van der Waals surface area contributed by atoms with Crippen LogP contribution in [0.3, 0.4) is 0 Å². The Bertz CT molecular complexity index is 2230. The maximum absolute atomic E-state index is 13.1. The average Bonchev–Trinajstić information content (AvgIpc) is 1.25. The van der Waals surface area contributed by atoms with Crippen molar-refractivity contribution in [2.45, 2.75) is 367 Å². The molecular formula is C81H144O17P2. The van der Waals surface area contributed by atoms with Crippen molar-refractivity contribution >= 4 is 39.5 Å². The molecule has 0 aliphatic rings. The number of ether oxygens (including phenoxy) is 4. The van der Waals surface area contributed by atoms with E-state index < -0.39 is 97.5 Å². The number of unbranched alkanes of at least 4 members (excludes halogenated alkanes) is 35. The summed E-state index contributed by atoms with van der Waals surface area (Å²) in [4.78, 5) is 73.0. The van der Waals surface area contributed by atoms with Gasteiger partial charge in [-0.1, -0.05) is 260 Å². The summed E-state index contributed by atoms with van der Waals surface area (Å²) in [6, 6.07) is 0. The van der Waals surface area contributed by atoms with E-state index in [-0.39, 0.29) is 25.7 Å². The quantitative estimate of drug-likeness (QED) is 0.0169. The molecule has 0 spiro atoms. The van der Waals surface area contributed by atoms with Gasteiger partial charge in [-0.25, -0.2) is 9.13 Å². The molecule has 19 heteroatoms. The molecule has 0 saturated heterocycles. The predicted octanol–water partition coefficient (Wildman–Crippen LogP) is 23.0. The molecule has 0 aliphatic heterocycles. The number of hydrogen-bond donors (Lipinski definition) is 3. The molecule has 0 amide bonds. The van der Waals surface area contributed by atoms with Crippen LogP contribution in [0.25, 0.3) is 0 Å². The molecule has 0 aromatic carbocycles. The molecule has 0 bridgehead atoms. The molecule has 0 heterocycles. The molecule has 0 radical (unpaired) electrons. The van der Waals surface area contributed by atoms with Crippen LogP contribution in [0.2, 0.25) is 0 Å². The van der Waals surface area contributed by atoms with Crippen molar-refractivity contribution in [1.82, 2.24) is 0 Å². The number of esters is 4. The maximum atomic E-state index is 13.1. The average molecular weight is 1450 g/mol. The van der Waals surface area contributed by atoms with Crippen molar-refractivity contribution in [2.75, 3.05) is 39.6 Å². The van der Waals surface area contributed by atoms with Crippen LogP contribution >= 0.6 is 15.6 Å². The van der Waals surface area contributed by atoms with E-state index in [1.54, 1.807) is 0 Å². The van der Waals surface area contributed by atoms with Gasteiger partial charge in [0.2, 0.25) is 0 Å². The van der Waals surface area contributed by atoms with Crippen molar-refractivity contribution in [2.24, 2.45) is 0 Å². The van der Waals surface area contributed by atoms with Crippen molar-refractivity contribution in [3.8, 4) is 0 Å². The molecule has 100 heavy (non-hydrogen) atoms. The Hall–Kier alpha value is -3.76. The second-order valence-electron chi connectivity index (χ2n) is 26.6. The number of carbonyl (C=O) groups excluding carboxylic acids is 4. The van der Waals surface area contributed by atoms with E-state index in [0.29, 0.717) is 25.7 Å². The monoisotopic (exact) mass is 1450 g/mol. The van der Waals surface area contributed by atoms with Crippen molar-refractivity contribution in [3.05, 3.63) is 85.1 Å². The largest absolute Gasteiger partial charge is 0.472 e. The SMILES string of the molecule is CCCCC/C=C/C/C=C\CCCCCCCC(=O)O[C@H](COC(=O)CCCCCCC/C=C/C/C=C/CCCCC)COP(=O)(O)OC[C@H](O)COP(=O)(O)OC[C@@H](COC(=O)CCCCCCC/C=C/CCCCCCCC)OC(=O)CCCCCCC/C=C/C/C=C/CCCCC. The van der Waals surface area contributed by atoms with Crippen LogP contribution in [0.1, 0.15) is 349 Å². The molecule has 580 valence electrons. The number of hydrogen-bond acceptors (Lipinski definition) is 15. The lowest BCUT2D eigenvalue weighted by Gasteiger charge is -2.21. The number of aliphatic hydroxyl groups excluding tert-OH is 1. The Kier molecular flexibility index (Phi) is 70.8. The fraction of sp³-hybridized carbons (Fsp3) is 0.778. The summed E-state index contributed by atoms with van der Waals surface area (Å²) >= 11 is 0. The minimum atomic E-state index is -4.98. The van der Waals surface area contributed by atoms with Gasteiger partial charge in [-0.15, -0.1) is 0 Å². The minimum absolute atomic E-state index is 0.0767. The summed E-state index contributed by atoms with van der Waals surface area (Å²) in [5.74, 6) is -2.21. The van der Waals surface area contributed by atoms with Gasteiger partial charge in [0.05, 0.1) is 26.4 Å². The molecule has 0 aromatic rings. The standard InChI is InChI=1S/C81H144O17P2/c1-5-9-13-17-21-25-29-33-37-41-45-49-53-57-61-65-78(83)91-71-76(97-80(85)67-63-59-55-51-47-43-39-35-31-27-23-19-15-11-7-3)73-95-99(87,88)93-69-75(82)70-94-100(89,90)96-74-77(98-81(86)68-64-60-56-52-48-44-40-36-32-28-24-20-16-12-8-4)72-92-79(84)66-62-58-54-50-46-42-38-34-30-26-22-18-14-10-6-2/h21,23-25,27-28,33-40,75-77,82H,5-20,22,26,29-32,41-74H2,1-4H3,(H,87,88)(H,89,90)/b25-21+,27-23+,28-24+,37-33+,38-34+,39-35-,40-36+/t75-,76+,77+/m0/s1. The third kappa shape index (κ3) is 72.6. The zero-order valence-corrected chi connectivity index (χ0v) is 65.2. The predicted molar refractivity (Wildman–Crippen MR) is 409 cm³/mol. The van der Waals surface area contributed by atoms with E-state index in [1.165, 1.54) is 96.3 Å². The van der Waals surface area contributed by atoms with Crippen LogP contribution in [0.5, 0.6) is 0 Å². The Balaban J connectivity index is 5.38. The number of aliphatic hydroxyl groups is 1. The van der Waals surface area contributed by atoms with E-state index in [4.69, 9.17) is 37.0 Å². The third-order valence-corrected chi connectivity index (χ3v) is 18.7. The topological polar surface area (TPSA) is 237 Å². The first kappa shape index (κ1) is 96.2. The zero-order valence-electron chi connectivity index (χ0n) is 63.4. The van der Waals surface area contributed by atoms with Gasteiger partial charge in [-0.2, -0.15) is 0 Å². The Morgan fingerprint density at radius 1 is 0.280 bits per heavy atom. The fourth-order valence-corrected chi connectivity index (χ4v) is 12.2. The summed E-state index contributed by atoms with van der Waals surface area (Å²) in [5, 5.41) is 10.6. The lowest BCUT2D eigenvalue weighted by atomic mass is 10.1. The molecule has 3 N–H and O–H groups in total. The molecule has 0 aromatic heterocycles. The van der Waals surface area contributed by atoms with Gasteiger partial charge >= 0.3 is 39.5 Å². The third-order valence-electron chi connectivity index (χ3n) is 16.8. The first-order valence-electron chi connectivity index (χ1n) is 39.8. The van der Waals surface area contributed by atoms with E-state index in [9.17, 15) is 43.2 Å². The molecule has 17 nitrogen and oxygen atoms in total.